The molecule has 0 radical (unpaired) electrons. The van der Waals surface area contributed by atoms with Crippen molar-refractivity contribution >= 4 is 17.8 Å². The van der Waals surface area contributed by atoms with Crippen LogP contribution in [0.1, 0.15) is 6.42 Å². The third kappa shape index (κ3) is 5.68. The molecule has 2 N–H and O–H groups in total. The molecule has 4 amide bonds. The minimum Gasteiger partial charge on any atom is -0.491 e. The molecule has 9 heteroatoms. The summed E-state index contributed by atoms with van der Waals surface area (Å²) in [5.74, 6) is -0.158. The monoisotopic (exact) mass is 453 g/mol. The van der Waals surface area contributed by atoms with E-state index >= 15 is 0 Å². The first-order valence-electron chi connectivity index (χ1n) is 10.9. The molecule has 0 unspecified atom stereocenters. The predicted molar refractivity (Wildman–Crippen MR) is 119 cm³/mol. The number of benzene rings is 2. The van der Waals surface area contributed by atoms with E-state index in [1.165, 1.54) is 0 Å². The first-order chi connectivity index (χ1) is 16.0. The number of carbonyl (C=O) groups excluding carboxylic acids is 3. The minimum atomic E-state index is -1.07. The zero-order valence-electron chi connectivity index (χ0n) is 18.2. The van der Waals surface area contributed by atoms with Crippen molar-refractivity contribution in [1.29, 1.82) is 0 Å². The number of rotatable bonds is 8. The quantitative estimate of drug-likeness (QED) is 0.583. The number of aliphatic hydroxyl groups is 1. The fraction of sp³-hybridized carbons (Fsp3) is 0.375. The maximum absolute atomic E-state index is 12.6. The van der Waals surface area contributed by atoms with E-state index in [-0.39, 0.29) is 25.5 Å². The number of morpholine rings is 1. The molecule has 2 heterocycles. The van der Waals surface area contributed by atoms with Gasteiger partial charge in [-0.15, -0.1) is 0 Å². The summed E-state index contributed by atoms with van der Waals surface area (Å²) in [7, 11) is 0. The molecule has 174 valence electrons. The highest BCUT2D eigenvalue weighted by Crippen LogP contribution is 2.22. The molecule has 0 saturated carbocycles. The minimum absolute atomic E-state index is 0.0842. The fourth-order valence-corrected chi connectivity index (χ4v) is 3.83. The summed E-state index contributed by atoms with van der Waals surface area (Å²) >= 11 is 0. The molecule has 4 rings (SSSR count). The third-order valence-electron chi connectivity index (χ3n) is 5.65. The Balaban J connectivity index is 1.25. The number of amides is 4. The second-order valence-corrected chi connectivity index (χ2v) is 8.00. The topological polar surface area (TPSA) is 108 Å². The summed E-state index contributed by atoms with van der Waals surface area (Å²) in [5, 5.41) is 12.9. The molecule has 0 aliphatic carbocycles. The number of β-amino-alcohol motifs (C(OH)–C–C–N with tert-alkyl or cyclic N) is 1. The molecule has 2 fully saturated rings. The lowest BCUT2D eigenvalue weighted by Crippen LogP contribution is -2.44. The number of urea groups is 1. The van der Waals surface area contributed by atoms with Crippen molar-refractivity contribution in [2.45, 2.75) is 18.6 Å². The van der Waals surface area contributed by atoms with Crippen LogP contribution in [0.4, 0.5) is 4.79 Å². The van der Waals surface area contributed by atoms with Crippen LogP contribution >= 0.6 is 0 Å². The summed E-state index contributed by atoms with van der Waals surface area (Å²) < 4.78 is 10.8. The zero-order valence-corrected chi connectivity index (χ0v) is 18.2. The number of ether oxygens (including phenoxy) is 2. The molecule has 2 aliphatic heterocycles. The Kier molecular flexibility index (Phi) is 7.21. The summed E-state index contributed by atoms with van der Waals surface area (Å²) in [6.07, 6.45) is -1.18. The lowest BCUT2D eigenvalue weighted by molar-refractivity contribution is -0.138. The second kappa shape index (κ2) is 10.5. The number of aliphatic hydroxyl groups excluding tert-OH is 1. The Bertz CT molecular complexity index is 975. The fourth-order valence-electron chi connectivity index (χ4n) is 3.83. The number of imide groups is 1. The molecule has 2 aromatic carbocycles. The van der Waals surface area contributed by atoms with Gasteiger partial charge in [0.15, 0.2) is 0 Å². The summed E-state index contributed by atoms with van der Waals surface area (Å²) in [6, 6.07) is 15.8. The molecule has 2 aliphatic rings. The van der Waals surface area contributed by atoms with Crippen LogP contribution in [0.3, 0.4) is 0 Å². The van der Waals surface area contributed by atoms with Gasteiger partial charge in [0, 0.05) is 13.1 Å². The van der Waals surface area contributed by atoms with Crippen molar-refractivity contribution in [2.24, 2.45) is 0 Å². The number of nitrogens with one attached hydrogen (secondary N) is 1. The SMILES string of the molecule is O=C(C[C@H]1NC(=O)N(C[C@H](O)COc2ccc(-c3ccccc3)cc2)C1=O)N1CCOCC1. The van der Waals surface area contributed by atoms with E-state index in [0.717, 1.165) is 16.0 Å². The van der Waals surface area contributed by atoms with E-state index in [4.69, 9.17) is 9.47 Å². The second-order valence-electron chi connectivity index (χ2n) is 8.00. The highest BCUT2D eigenvalue weighted by molar-refractivity contribution is 6.05. The van der Waals surface area contributed by atoms with Gasteiger partial charge in [0.05, 0.1) is 26.2 Å². The number of hydrogen-bond donors (Lipinski definition) is 2. The van der Waals surface area contributed by atoms with E-state index < -0.39 is 24.1 Å². The molecule has 0 aromatic heterocycles. The van der Waals surface area contributed by atoms with Gasteiger partial charge in [-0.05, 0) is 23.3 Å². The van der Waals surface area contributed by atoms with Crippen molar-refractivity contribution in [3.63, 3.8) is 0 Å². The molecule has 2 aromatic rings. The van der Waals surface area contributed by atoms with Gasteiger partial charge in [0.2, 0.25) is 5.91 Å². The first kappa shape index (κ1) is 22.8. The van der Waals surface area contributed by atoms with Gasteiger partial charge in [-0.25, -0.2) is 4.79 Å². The highest BCUT2D eigenvalue weighted by atomic mass is 16.5. The summed E-state index contributed by atoms with van der Waals surface area (Å²) in [6.45, 7) is 1.57. The average Bonchev–Trinajstić information content (AvgIpc) is 3.11. The normalized spacial score (nSPS) is 19.4. The van der Waals surface area contributed by atoms with Crippen molar-refractivity contribution in [3.8, 4) is 16.9 Å². The van der Waals surface area contributed by atoms with Crippen LogP contribution in [-0.2, 0) is 14.3 Å². The lowest BCUT2D eigenvalue weighted by atomic mass is 10.1. The van der Waals surface area contributed by atoms with Gasteiger partial charge in [0.25, 0.3) is 5.91 Å². The predicted octanol–water partition coefficient (Wildman–Crippen LogP) is 1.26. The van der Waals surface area contributed by atoms with E-state index in [0.29, 0.717) is 32.1 Å². The van der Waals surface area contributed by atoms with Crippen LogP contribution in [-0.4, -0.2) is 84.4 Å². The van der Waals surface area contributed by atoms with E-state index in [2.05, 4.69) is 5.32 Å². The zero-order chi connectivity index (χ0) is 23.2. The highest BCUT2D eigenvalue weighted by Gasteiger charge is 2.40. The smallest absolute Gasteiger partial charge is 0.324 e. The Hall–Kier alpha value is -3.43. The Morgan fingerprint density at radius 1 is 1.06 bits per heavy atom. The molecule has 0 bridgehead atoms. The van der Waals surface area contributed by atoms with Gasteiger partial charge < -0.3 is 24.8 Å². The van der Waals surface area contributed by atoms with E-state index in [1.807, 2.05) is 42.5 Å². The lowest BCUT2D eigenvalue weighted by Gasteiger charge is -2.27. The van der Waals surface area contributed by atoms with Crippen LogP contribution in [0.2, 0.25) is 0 Å². The average molecular weight is 453 g/mol. The molecule has 2 atom stereocenters. The maximum atomic E-state index is 12.6. The first-order valence-corrected chi connectivity index (χ1v) is 10.9. The van der Waals surface area contributed by atoms with Gasteiger partial charge in [0.1, 0.15) is 24.5 Å². The molecular weight excluding hydrogens is 426 g/mol. The Labute approximate surface area is 191 Å². The van der Waals surface area contributed by atoms with Gasteiger partial charge in [-0.2, -0.15) is 0 Å². The molecule has 9 nitrogen and oxygen atoms in total. The Morgan fingerprint density at radius 3 is 2.42 bits per heavy atom. The molecular formula is C24H27N3O6. The molecule has 0 spiro atoms. The largest absolute Gasteiger partial charge is 0.491 e. The number of carbonyl (C=O) groups is 3. The van der Waals surface area contributed by atoms with Gasteiger partial charge >= 0.3 is 6.03 Å². The van der Waals surface area contributed by atoms with Crippen molar-refractivity contribution in [3.05, 3.63) is 54.6 Å². The third-order valence-corrected chi connectivity index (χ3v) is 5.65. The van der Waals surface area contributed by atoms with Crippen molar-refractivity contribution < 1.29 is 29.0 Å². The van der Waals surface area contributed by atoms with Crippen LogP contribution in [0.5, 0.6) is 5.75 Å². The summed E-state index contributed by atoms with van der Waals surface area (Å²) in [4.78, 5) is 39.8. The van der Waals surface area contributed by atoms with Crippen LogP contribution in [0.25, 0.3) is 11.1 Å². The standard InChI is InChI=1S/C24H27N3O6/c28-19(16-33-20-8-6-18(7-9-20)17-4-2-1-3-5-17)15-27-23(30)21(25-24(27)31)14-22(29)26-10-12-32-13-11-26/h1-9,19,21,28H,10-16H2,(H,25,31)/t19-,21+/m0/s1. The summed E-state index contributed by atoms with van der Waals surface area (Å²) in [5.41, 5.74) is 2.13. The van der Waals surface area contributed by atoms with Crippen molar-refractivity contribution in [1.82, 2.24) is 15.1 Å². The van der Waals surface area contributed by atoms with Crippen LogP contribution in [0.15, 0.2) is 54.6 Å². The van der Waals surface area contributed by atoms with Gasteiger partial charge in [-0.3, -0.25) is 14.5 Å². The molecule has 33 heavy (non-hydrogen) atoms. The number of hydrogen-bond acceptors (Lipinski definition) is 6. The Morgan fingerprint density at radius 2 is 1.73 bits per heavy atom. The van der Waals surface area contributed by atoms with Crippen LogP contribution in [0, 0.1) is 0 Å². The van der Waals surface area contributed by atoms with E-state index in [1.54, 1.807) is 17.0 Å². The number of nitrogens with zero attached hydrogens (tertiary/aromatic N) is 2. The van der Waals surface area contributed by atoms with Gasteiger partial charge in [-0.1, -0.05) is 42.5 Å². The maximum Gasteiger partial charge on any atom is 0.324 e. The van der Waals surface area contributed by atoms with E-state index in [9.17, 15) is 19.5 Å². The van der Waals surface area contributed by atoms with Crippen LogP contribution < -0.4 is 10.1 Å². The van der Waals surface area contributed by atoms with Crippen molar-refractivity contribution in [2.75, 3.05) is 39.5 Å². The molecule has 2 saturated heterocycles.